The molecular weight excluding hydrogens is 340 g/mol. The third kappa shape index (κ3) is 2.56. The third-order valence-corrected chi connectivity index (χ3v) is 4.82. The van der Waals surface area contributed by atoms with Crippen molar-refractivity contribution in [2.75, 3.05) is 12.0 Å². The molecule has 0 atom stereocenters. The molecule has 0 radical (unpaired) electrons. The highest BCUT2D eigenvalue weighted by atomic mass is 16.5. The summed E-state index contributed by atoms with van der Waals surface area (Å²) in [4.78, 5) is 19.0. The van der Waals surface area contributed by atoms with Crippen LogP contribution < -0.4 is 9.64 Å². The number of rotatable bonds is 3. The number of carbonyl (C=O) groups excluding carboxylic acids is 1. The van der Waals surface area contributed by atoms with Gasteiger partial charge in [-0.3, -0.25) is 4.79 Å². The van der Waals surface area contributed by atoms with Crippen molar-refractivity contribution in [3.05, 3.63) is 77.9 Å². The minimum atomic E-state index is 0.0116. The first-order valence-corrected chi connectivity index (χ1v) is 8.68. The monoisotopic (exact) mass is 356 g/mol. The summed E-state index contributed by atoms with van der Waals surface area (Å²) in [6.45, 7) is 0.567. The fourth-order valence-electron chi connectivity index (χ4n) is 3.42. The van der Waals surface area contributed by atoms with Crippen molar-refractivity contribution in [3.8, 4) is 17.2 Å². The molecule has 3 aromatic carbocycles. The maximum atomic E-state index is 12.7. The van der Waals surface area contributed by atoms with Crippen LogP contribution in [0.2, 0.25) is 0 Å². The molecule has 1 aliphatic rings. The van der Waals surface area contributed by atoms with Gasteiger partial charge in [-0.25, -0.2) is 4.98 Å². The Morgan fingerprint density at radius 1 is 1.04 bits per heavy atom. The Morgan fingerprint density at radius 2 is 1.93 bits per heavy atom. The van der Waals surface area contributed by atoms with Crippen LogP contribution in [-0.2, 0) is 6.54 Å². The second-order valence-corrected chi connectivity index (χ2v) is 6.45. The molecule has 0 fully saturated rings. The summed E-state index contributed by atoms with van der Waals surface area (Å²) >= 11 is 0. The Bertz CT molecular complexity index is 1180. The van der Waals surface area contributed by atoms with E-state index in [9.17, 15) is 4.79 Å². The van der Waals surface area contributed by atoms with Crippen LogP contribution in [0.25, 0.3) is 22.6 Å². The van der Waals surface area contributed by atoms with Gasteiger partial charge >= 0.3 is 0 Å². The molecule has 0 N–H and O–H groups in total. The fourth-order valence-corrected chi connectivity index (χ4v) is 3.42. The highest BCUT2D eigenvalue weighted by molar-refractivity contribution is 6.10. The van der Waals surface area contributed by atoms with E-state index in [1.165, 1.54) is 0 Å². The summed E-state index contributed by atoms with van der Waals surface area (Å²) in [6, 6.07) is 20.9. The highest BCUT2D eigenvalue weighted by Crippen LogP contribution is 2.32. The molecule has 132 valence electrons. The smallest absolute Gasteiger partial charge is 0.258 e. The lowest BCUT2D eigenvalue weighted by atomic mass is 10.1. The minimum Gasteiger partial charge on any atom is -0.497 e. The second-order valence-electron chi connectivity index (χ2n) is 6.45. The molecule has 4 aromatic rings. The summed E-state index contributed by atoms with van der Waals surface area (Å²) < 4.78 is 11.2. The second kappa shape index (κ2) is 5.99. The summed E-state index contributed by atoms with van der Waals surface area (Å²) in [5.41, 5.74) is 4.84. The Labute approximate surface area is 155 Å². The number of amides is 1. The van der Waals surface area contributed by atoms with E-state index in [1.807, 2.05) is 66.7 Å². The van der Waals surface area contributed by atoms with E-state index in [4.69, 9.17) is 9.15 Å². The number of ether oxygens (including phenoxy) is 1. The Balaban J connectivity index is 1.52. The number of aromatic nitrogens is 1. The van der Waals surface area contributed by atoms with Gasteiger partial charge in [0, 0.05) is 22.9 Å². The Hall–Kier alpha value is -3.60. The Morgan fingerprint density at radius 3 is 2.78 bits per heavy atom. The molecule has 5 nitrogen and oxygen atoms in total. The molecule has 0 bridgehead atoms. The average Bonchev–Trinajstić information content (AvgIpc) is 3.29. The Kier molecular flexibility index (Phi) is 3.47. The number of hydrogen-bond donors (Lipinski definition) is 0. The molecule has 27 heavy (non-hydrogen) atoms. The number of methoxy groups -OCH3 is 1. The lowest BCUT2D eigenvalue weighted by molar-refractivity contribution is 0.0996. The van der Waals surface area contributed by atoms with E-state index in [2.05, 4.69) is 4.98 Å². The molecule has 5 rings (SSSR count). The fraction of sp³-hybridized carbons (Fsp3) is 0.0909. The average molecular weight is 356 g/mol. The van der Waals surface area contributed by atoms with Gasteiger partial charge in [0.2, 0.25) is 5.89 Å². The normalized spacial score (nSPS) is 13.2. The molecule has 0 saturated heterocycles. The SMILES string of the molecule is COc1cccc(-c2nc3ccc(N4Cc5ccccc5C4=O)cc3o2)c1. The van der Waals surface area contributed by atoms with E-state index in [-0.39, 0.29) is 5.91 Å². The predicted molar refractivity (Wildman–Crippen MR) is 103 cm³/mol. The number of anilines is 1. The maximum Gasteiger partial charge on any atom is 0.258 e. The van der Waals surface area contributed by atoms with Crippen molar-refractivity contribution in [1.82, 2.24) is 4.98 Å². The van der Waals surface area contributed by atoms with Gasteiger partial charge in [-0.1, -0.05) is 24.3 Å². The first kappa shape index (κ1) is 15.6. The molecule has 5 heteroatoms. The van der Waals surface area contributed by atoms with Gasteiger partial charge in [0.05, 0.1) is 13.7 Å². The standard InChI is InChI=1S/C22H16N2O3/c1-26-17-7-4-6-14(11-17)21-23-19-10-9-16(12-20(19)27-21)24-13-15-5-2-3-8-18(15)22(24)25/h2-12H,13H2,1H3. The lowest BCUT2D eigenvalue weighted by Gasteiger charge is -2.15. The van der Waals surface area contributed by atoms with Crippen LogP contribution in [0.15, 0.2) is 71.1 Å². The highest BCUT2D eigenvalue weighted by Gasteiger charge is 2.28. The molecule has 1 aliphatic heterocycles. The van der Waals surface area contributed by atoms with Gasteiger partial charge in [-0.2, -0.15) is 0 Å². The van der Waals surface area contributed by atoms with Crippen LogP contribution >= 0.6 is 0 Å². The van der Waals surface area contributed by atoms with Crippen molar-refractivity contribution in [3.63, 3.8) is 0 Å². The molecule has 0 aliphatic carbocycles. The number of oxazole rings is 1. The molecule has 0 spiro atoms. The summed E-state index contributed by atoms with van der Waals surface area (Å²) in [5.74, 6) is 1.28. The minimum absolute atomic E-state index is 0.0116. The van der Waals surface area contributed by atoms with Crippen molar-refractivity contribution in [1.29, 1.82) is 0 Å². The van der Waals surface area contributed by atoms with Crippen molar-refractivity contribution in [2.24, 2.45) is 0 Å². The van der Waals surface area contributed by atoms with Crippen molar-refractivity contribution < 1.29 is 13.9 Å². The van der Waals surface area contributed by atoms with Crippen LogP contribution in [0.4, 0.5) is 5.69 Å². The summed E-state index contributed by atoms with van der Waals surface area (Å²) in [5, 5.41) is 0. The molecule has 1 amide bonds. The zero-order valence-corrected chi connectivity index (χ0v) is 14.7. The van der Waals surface area contributed by atoms with Crippen molar-refractivity contribution in [2.45, 2.75) is 6.54 Å². The topological polar surface area (TPSA) is 55.6 Å². The van der Waals surface area contributed by atoms with Gasteiger partial charge in [0.15, 0.2) is 5.58 Å². The predicted octanol–water partition coefficient (Wildman–Crippen LogP) is 4.66. The van der Waals surface area contributed by atoms with E-state index >= 15 is 0 Å². The molecule has 0 unspecified atom stereocenters. The van der Waals surface area contributed by atoms with Crippen LogP contribution in [0.3, 0.4) is 0 Å². The third-order valence-electron chi connectivity index (χ3n) is 4.82. The molecule has 0 saturated carbocycles. The van der Waals surface area contributed by atoms with Crippen LogP contribution in [0.1, 0.15) is 15.9 Å². The van der Waals surface area contributed by atoms with E-state index < -0.39 is 0 Å². The maximum absolute atomic E-state index is 12.7. The zero-order valence-electron chi connectivity index (χ0n) is 14.7. The number of benzene rings is 3. The molecule has 2 heterocycles. The van der Waals surface area contributed by atoms with Crippen LogP contribution in [0, 0.1) is 0 Å². The first-order chi connectivity index (χ1) is 13.2. The van der Waals surface area contributed by atoms with E-state index in [0.717, 1.165) is 33.6 Å². The van der Waals surface area contributed by atoms with Gasteiger partial charge in [-0.15, -0.1) is 0 Å². The molecular formula is C22H16N2O3. The number of carbonyl (C=O) groups is 1. The number of nitrogens with zero attached hydrogens (tertiary/aromatic N) is 2. The van der Waals surface area contributed by atoms with Crippen LogP contribution in [-0.4, -0.2) is 18.0 Å². The van der Waals surface area contributed by atoms with Gasteiger partial charge < -0.3 is 14.1 Å². The lowest BCUT2D eigenvalue weighted by Crippen LogP contribution is -2.22. The van der Waals surface area contributed by atoms with Gasteiger partial charge in [0.1, 0.15) is 11.3 Å². The van der Waals surface area contributed by atoms with E-state index in [0.29, 0.717) is 18.0 Å². The van der Waals surface area contributed by atoms with Crippen molar-refractivity contribution >= 4 is 22.7 Å². The van der Waals surface area contributed by atoms with E-state index in [1.54, 1.807) is 12.0 Å². The quantitative estimate of drug-likeness (QED) is 0.535. The summed E-state index contributed by atoms with van der Waals surface area (Å²) in [6.07, 6.45) is 0. The zero-order chi connectivity index (χ0) is 18.4. The number of hydrogen-bond acceptors (Lipinski definition) is 4. The van der Waals surface area contributed by atoms with Gasteiger partial charge in [0.25, 0.3) is 5.91 Å². The largest absolute Gasteiger partial charge is 0.497 e. The first-order valence-electron chi connectivity index (χ1n) is 8.68. The van der Waals surface area contributed by atoms with Crippen LogP contribution in [0.5, 0.6) is 5.75 Å². The van der Waals surface area contributed by atoms with Gasteiger partial charge in [-0.05, 0) is 42.0 Å². The number of fused-ring (bicyclic) bond motifs is 2. The molecule has 1 aromatic heterocycles. The summed E-state index contributed by atoms with van der Waals surface area (Å²) in [7, 11) is 1.63.